The largest absolute Gasteiger partial charge is 0.438 e. The third-order valence-corrected chi connectivity index (χ3v) is 3.07. The highest BCUT2D eigenvalue weighted by atomic mass is 16.5. The third-order valence-electron chi connectivity index (χ3n) is 3.07. The molecule has 1 aromatic heterocycles. The number of rotatable bonds is 8. The summed E-state index contributed by atoms with van der Waals surface area (Å²) in [6.07, 6.45) is 6.21. The van der Waals surface area contributed by atoms with Gasteiger partial charge >= 0.3 is 0 Å². The van der Waals surface area contributed by atoms with Crippen molar-refractivity contribution in [2.45, 2.75) is 45.6 Å². The third kappa shape index (κ3) is 4.24. The number of benzene rings is 1. The lowest BCUT2D eigenvalue weighted by Gasteiger charge is -2.01. The van der Waals surface area contributed by atoms with Crippen molar-refractivity contribution >= 4 is 16.8 Å². The first-order valence-corrected chi connectivity index (χ1v) is 7.02. The maximum atomic E-state index is 5.70. The van der Waals surface area contributed by atoms with Crippen molar-refractivity contribution in [3.8, 4) is 0 Å². The van der Waals surface area contributed by atoms with Gasteiger partial charge in [0.1, 0.15) is 12.1 Å². The summed E-state index contributed by atoms with van der Waals surface area (Å²) in [5.74, 6) is 0.620. The van der Waals surface area contributed by atoms with E-state index in [2.05, 4.69) is 11.9 Å². The first-order valence-electron chi connectivity index (χ1n) is 7.02. The highest BCUT2D eigenvalue weighted by Crippen LogP contribution is 2.18. The zero-order valence-corrected chi connectivity index (χ0v) is 11.5. The molecule has 1 heterocycles. The van der Waals surface area contributed by atoms with Gasteiger partial charge in [-0.3, -0.25) is 0 Å². The van der Waals surface area contributed by atoms with Crippen molar-refractivity contribution in [2.24, 2.45) is 0 Å². The quantitative estimate of drug-likeness (QED) is 0.579. The molecule has 0 aliphatic rings. The predicted octanol–water partition coefficient (Wildman–Crippen LogP) is 3.90. The molecule has 2 aromatic rings. The zero-order valence-electron chi connectivity index (χ0n) is 11.5. The van der Waals surface area contributed by atoms with Crippen LogP contribution in [0.2, 0.25) is 0 Å². The molecule has 0 aliphatic heterocycles. The Hall–Kier alpha value is -1.55. The van der Waals surface area contributed by atoms with Gasteiger partial charge in [-0.2, -0.15) is 0 Å². The average molecular weight is 262 g/mol. The van der Waals surface area contributed by atoms with Crippen LogP contribution in [0.15, 0.2) is 22.6 Å². The summed E-state index contributed by atoms with van der Waals surface area (Å²) < 4.78 is 11.1. The van der Waals surface area contributed by atoms with E-state index in [1.165, 1.54) is 25.7 Å². The van der Waals surface area contributed by atoms with Crippen LogP contribution in [0.3, 0.4) is 0 Å². The van der Waals surface area contributed by atoms with E-state index in [0.29, 0.717) is 18.2 Å². The number of nitrogens with zero attached hydrogens (tertiary/aromatic N) is 1. The number of hydrogen-bond acceptors (Lipinski definition) is 4. The van der Waals surface area contributed by atoms with Gasteiger partial charge in [-0.1, -0.05) is 32.6 Å². The molecule has 0 radical (unpaired) electrons. The number of aromatic nitrogens is 1. The minimum atomic E-state index is 0.433. The summed E-state index contributed by atoms with van der Waals surface area (Å²) >= 11 is 0. The molecule has 0 saturated carbocycles. The number of hydrogen-bond donors (Lipinski definition) is 1. The van der Waals surface area contributed by atoms with Gasteiger partial charge in [-0.15, -0.1) is 0 Å². The van der Waals surface area contributed by atoms with Crippen LogP contribution in [0.25, 0.3) is 11.1 Å². The molecule has 1 aromatic carbocycles. The van der Waals surface area contributed by atoms with Gasteiger partial charge in [0.2, 0.25) is 5.89 Å². The van der Waals surface area contributed by atoms with Crippen LogP contribution in [-0.4, -0.2) is 11.6 Å². The van der Waals surface area contributed by atoms with E-state index in [-0.39, 0.29) is 0 Å². The van der Waals surface area contributed by atoms with E-state index in [0.717, 1.165) is 24.1 Å². The molecule has 0 saturated heterocycles. The van der Waals surface area contributed by atoms with Gasteiger partial charge in [0, 0.05) is 12.3 Å². The summed E-state index contributed by atoms with van der Waals surface area (Å²) in [5.41, 5.74) is 7.95. The molecular formula is C15H22N2O2. The number of oxazole rings is 1. The monoisotopic (exact) mass is 262 g/mol. The van der Waals surface area contributed by atoms with E-state index in [4.69, 9.17) is 14.9 Å². The molecule has 4 nitrogen and oxygen atoms in total. The minimum absolute atomic E-state index is 0.433. The lowest BCUT2D eigenvalue weighted by molar-refractivity contribution is 0.100. The smallest absolute Gasteiger partial charge is 0.221 e. The fraction of sp³-hybridized carbons (Fsp3) is 0.533. The van der Waals surface area contributed by atoms with E-state index in [1.54, 1.807) is 0 Å². The van der Waals surface area contributed by atoms with Gasteiger partial charge in [0.15, 0.2) is 5.58 Å². The number of ether oxygens (including phenoxy) is 1. The second kappa shape index (κ2) is 7.14. The number of fused-ring (bicyclic) bond motifs is 1. The fourth-order valence-electron chi connectivity index (χ4n) is 2.02. The number of unbranched alkanes of at least 4 members (excludes halogenated alkanes) is 4. The summed E-state index contributed by atoms with van der Waals surface area (Å²) in [6.45, 7) is 3.42. The number of nitrogens with two attached hydrogens (primary N) is 1. The van der Waals surface area contributed by atoms with Crippen LogP contribution in [0.1, 0.15) is 44.9 Å². The van der Waals surface area contributed by atoms with Crippen LogP contribution in [0.4, 0.5) is 5.69 Å². The molecular weight excluding hydrogens is 240 g/mol. The zero-order chi connectivity index (χ0) is 13.5. The Labute approximate surface area is 114 Å². The summed E-state index contributed by atoms with van der Waals surface area (Å²) in [4.78, 5) is 4.35. The SMILES string of the molecule is CCCCCCCOCc1nc2cc(N)ccc2o1. The molecule has 0 bridgehead atoms. The van der Waals surface area contributed by atoms with Crippen molar-refractivity contribution in [1.29, 1.82) is 0 Å². The van der Waals surface area contributed by atoms with Crippen molar-refractivity contribution in [3.05, 3.63) is 24.1 Å². The van der Waals surface area contributed by atoms with Crippen LogP contribution in [-0.2, 0) is 11.3 Å². The van der Waals surface area contributed by atoms with Crippen LogP contribution in [0.5, 0.6) is 0 Å². The fourth-order valence-corrected chi connectivity index (χ4v) is 2.02. The Kier molecular flexibility index (Phi) is 5.21. The molecule has 0 unspecified atom stereocenters. The van der Waals surface area contributed by atoms with Gasteiger partial charge < -0.3 is 14.9 Å². The van der Waals surface area contributed by atoms with Crippen molar-refractivity contribution < 1.29 is 9.15 Å². The first kappa shape index (κ1) is 13.9. The summed E-state index contributed by atoms with van der Waals surface area (Å²) in [7, 11) is 0. The Morgan fingerprint density at radius 3 is 2.89 bits per heavy atom. The standard InChI is InChI=1S/C15H22N2O2/c1-2-3-4-5-6-9-18-11-15-17-13-10-12(16)7-8-14(13)19-15/h7-8,10H,2-6,9,11,16H2,1H3. The van der Waals surface area contributed by atoms with Crippen molar-refractivity contribution in [2.75, 3.05) is 12.3 Å². The molecule has 2 N–H and O–H groups in total. The van der Waals surface area contributed by atoms with Crippen LogP contribution in [0, 0.1) is 0 Å². The molecule has 19 heavy (non-hydrogen) atoms. The Bertz CT molecular complexity index is 508. The van der Waals surface area contributed by atoms with Crippen molar-refractivity contribution in [1.82, 2.24) is 4.98 Å². The summed E-state index contributed by atoms with van der Waals surface area (Å²) in [6, 6.07) is 5.46. The predicted molar refractivity (Wildman–Crippen MR) is 76.8 cm³/mol. The van der Waals surface area contributed by atoms with Crippen molar-refractivity contribution in [3.63, 3.8) is 0 Å². The number of nitrogen functional groups attached to an aromatic ring is 1. The molecule has 0 aliphatic carbocycles. The summed E-state index contributed by atoms with van der Waals surface area (Å²) in [5, 5.41) is 0. The van der Waals surface area contributed by atoms with Gasteiger partial charge in [-0.05, 0) is 24.6 Å². The topological polar surface area (TPSA) is 61.3 Å². The normalized spacial score (nSPS) is 11.2. The van der Waals surface area contributed by atoms with Gasteiger partial charge in [-0.25, -0.2) is 4.98 Å². The van der Waals surface area contributed by atoms with Crippen LogP contribution < -0.4 is 5.73 Å². The first-order chi connectivity index (χ1) is 9.29. The molecule has 0 fully saturated rings. The maximum Gasteiger partial charge on any atom is 0.221 e. The highest BCUT2D eigenvalue weighted by molar-refractivity contribution is 5.76. The molecule has 0 spiro atoms. The van der Waals surface area contributed by atoms with E-state index >= 15 is 0 Å². The lowest BCUT2D eigenvalue weighted by atomic mass is 10.2. The van der Waals surface area contributed by atoms with E-state index < -0.39 is 0 Å². The molecule has 0 amide bonds. The number of anilines is 1. The van der Waals surface area contributed by atoms with Gasteiger partial charge in [0.05, 0.1) is 0 Å². The van der Waals surface area contributed by atoms with E-state index in [9.17, 15) is 0 Å². The minimum Gasteiger partial charge on any atom is -0.438 e. The lowest BCUT2D eigenvalue weighted by Crippen LogP contribution is -1.95. The molecule has 4 heteroatoms. The molecule has 0 atom stereocenters. The average Bonchev–Trinajstić information content (AvgIpc) is 2.79. The molecule has 2 rings (SSSR count). The maximum absolute atomic E-state index is 5.70. The Balaban J connectivity index is 1.72. The van der Waals surface area contributed by atoms with E-state index in [1.807, 2.05) is 18.2 Å². The van der Waals surface area contributed by atoms with Crippen LogP contribution >= 0.6 is 0 Å². The Morgan fingerprint density at radius 1 is 1.21 bits per heavy atom. The van der Waals surface area contributed by atoms with Gasteiger partial charge in [0.25, 0.3) is 0 Å². The molecule has 104 valence electrons. The highest BCUT2D eigenvalue weighted by Gasteiger charge is 2.05. The second-order valence-corrected chi connectivity index (χ2v) is 4.80. The second-order valence-electron chi connectivity index (χ2n) is 4.80. The Morgan fingerprint density at radius 2 is 2.05 bits per heavy atom.